The van der Waals surface area contributed by atoms with E-state index in [1.54, 1.807) is 30.3 Å². The fourth-order valence-corrected chi connectivity index (χ4v) is 5.03. The summed E-state index contributed by atoms with van der Waals surface area (Å²) in [6.45, 7) is 0.110. The van der Waals surface area contributed by atoms with Crippen LogP contribution in [0.5, 0.6) is 23.0 Å². The normalized spacial score (nSPS) is 15.5. The quantitative estimate of drug-likeness (QED) is 0.261. The Bertz CT molecular complexity index is 1300. The van der Waals surface area contributed by atoms with Gasteiger partial charge in [-0.2, -0.15) is 0 Å². The topological polar surface area (TPSA) is 130 Å². The predicted octanol–water partition coefficient (Wildman–Crippen LogP) is 3.30. The molecule has 3 amide bonds. The van der Waals surface area contributed by atoms with Crippen LogP contribution in [0.25, 0.3) is 6.08 Å². The first-order valence-corrected chi connectivity index (χ1v) is 12.7. The van der Waals surface area contributed by atoms with Crippen molar-refractivity contribution in [3.8, 4) is 23.0 Å². The van der Waals surface area contributed by atoms with Crippen molar-refractivity contribution in [2.45, 2.75) is 0 Å². The Kier molecular flexibility index (Phi) is 8.43. The largest absolute Gasteiger partial charge is 0.493 e. The number of imide groups is 1. The lowest BCUT2D eigenvalue weighted by molar-refractivity contribution is -0.143. The molecule has 0 unspecified atom stereocenters. The second-order valence-corrected chi connectivity index (χ2v) is 9.73. The van der Waals surface area contributed by atoms with Crippen LogP contribution < -0.4 is 24.3 Å². The van der Waals surface area contributed by atoms with E-state index in [0.717, 1.165) is 16.7 Å². The monoisotopic (exact) mass is 640 g/mol. The Hall–Kier alpha value is -3.46. The summed E-state index contributed by atoms with van der Waals surface area (Å²) >= 11 is 2.74. The minimum Gasteiger partial charge on any atom is -0.493 e. The molecule has 2 heterocycles. The van der Waals surface area contributed by atoms with Crippen molar-refractivity contribution >= 4 is 69.1 Å². The van der Waals surface area contributed by atoms with Crippen LogP contribution >= 0.6 is 34.4 Å². The van der Waals surface area contributed by atoms with E-state index < -0.39 is 29.6 Å². The van der Waals surface area contributed by atoms with Crippen LogP contribution in [0.4, 0.5) is 10.5 Å². The van der Waals surface area contributed by atoms with Crippen LogP contribution in [-0.4, -0.2) is 68.5 Å². The lowest BCUT2D eigenvalue weighted by atomic mass is 10.2. The number of hydrogen-bond acceptors (Lipinski definition) is 10. The lowest BCUT2D eigenvalue weighted by Gasteiger charge is -2.19. The summed E-state index contributed by atoms with van der Waals surface area (Å²) in [4.78, 5) is 50.4. The first-order chi connectivity index (χ1) is 17.8. The van der Waals surface area contributed by atoms with Gasteiger partial charge in [0.25, 0.3) is 11.1 Å². The molecule has 0 bridgehead atoms. The third-order valence-corrected chi connectivity index (χ3v) is 6.82. The highest BCUT2D eigenvalue weighted by atomic mass is 127. The Balaban J connectivity index is 1.44. The van der Waals surface area contributed by atoms with Crippen molar-refractivity contribution < 1.29 is 42.9 Å². The molecule has 1 fully saturated rings. The Morgan fingerprint density at radius 2 is 1.89 bits per heavy atom. The molecule has 0 radical (unpaired) electrons. The predicted molar refractivity (Wildman–Crippen MR) is 142 cm³/mol. The Morgan fingerprint density at radius 3 is 2.62 bits per heavy atom. The van der Waals surface area contributed by atoms with E-state index in [1.165, 1.54) is 20.3 Å². The summed E-state index contributed by atoms with van der Waals surface area (Å²) in [5, 5.41) is 2.10. The van der Waals surface area contributed by atoms with Crippen molar-refractivity contribution in [2.24, 2.45) is 0 Å². The van der Waals surface area contributed by atoms with Gasteiger partial charge in [0, 0.05) is 11.8 Å². The standard InChI is InChI=1S/C24H21IN2O9S/c1-32-18-8-13(7-15(25)22(18)36-12-21(29)33-2)9-19-23(30)27(24(31)37-19)11-20(28)26-14-3-4-16-17(10-14)35-6-5-34-16/h3-4,7-10H,5-6,11-12H2,1-2H3,(H,26,28)/b19-9-. The third kappa shape index (κ3) is 6.28. The number of halogens is 1. The molecule has 0 saturated carbocycles. The van der Waals surface area contributed by atoms with Gasteiger partial charge in [0.05, 0.1) is 22.7 Å². The van der Waals surface area contributed by atoms with Gasteiger partial charge in [-0.25, -0.2) is 4.79 Å². The average molecular weight is 640 g/mol. The first-order valence-electron chi connectivity index (χ1n) is 10.8. The van der Waals surface area contributed by atoms with Crippen LogP contribution in [0.15, 0.2) is 35.2 Å². The second kappa shape index (κ2) is 11.7. The van der Waals surface area contributed by atoms with Gasteiger partial charge >= 0.3 is 5.97 Å². The highest BCUT2D eigenvalue weighted by molar-refractivity contribution is 14.1. The second-order valence-electron chi connectivity index (χ2n) is 7.57. The molecule has 0 spiro atoms. The summed E-state index contributed by atoms with van der Waals surface area (Å²) < 4.78 is 27.0. The van der Waals surface area contributed by atoms with Crippen molar-refractivity contribution in [3.63, 3.8) is 0 Å². The minimum absolute atomic E-state index is 0.151. The van der Waals surface area contributed by atoms with Gasteiger partial charge in [0.2, 0.25) is 5.91 Å². The van der Waals surface area contributed by atoms with Crippen LogP contribution in [0.1, 0.15) is 5.56 Å². The number of nitrogens with one attached hydrogen (secondary N) is 1. The fraction of sp³-hybridized carbons (Fsp3) is 0.250. The van der Waals surface area contributed by atoms with Gasteiger partial charge in [-0.3, -0.25) is 19.3 Å². The molecule has 1 N–H and O–H groups in total. The molecule has 2 aliphatic rings. The molecule has 2 aromatic carbocycles. The molecule has 0 aliphatic carbocycles. The van der Waals surface area contributed by atoms with E-state index in [0.29, 0.717) is 51.0 Å². The van der Waals surface area contributed by atoms with Gasteiger partial charge in [0.15, 0.2) is 29.6 Å². The smallest absolute Gasteiger partial charge is 0.343 e. The molecular weight excluding hydrogens is 619 g/mol. The number of thioether (sulfide) groups is 1. The van der Waals surface area contributed by atoms with Crippen LogP contribution in [-0.2, 0) is 19.1 Å². The highest BCUT2D eigenvalue weighted by Crippen LogP contribution is 2.37. The van der Waals surface area contributed by atoms with Crippen LogP contribution in [0.3, 0.4) is 0 Å². The summed E-state index contributed by atoms with van der Waals surface area (Å²) in [5.41, 5.74) is 1.02. The fourth-order valence-electron chi connectivity index (χ4n) is 3.41. The highest BCUT2D eigenvalue weighted by Gasteiger charge is 2.36. The van der Waals surface area contributed by atoms with E-state index in [2.05, 4.69) is 10.1 Å². The third-order valence-electron chi connectivity index (χ3n) is 5.11. The molecule has 194 valence electrons. The van der Waals surface area contributed by atoms with Crippen LogP contribution in [0, 0.1) is 3.57 Å². The van der Waals surface area contributed by atoms with E-state index >= 15 is 0 Å². The number of nitrogens with zero attached hydrogens (tertiary/aromatic N) is 1. The zero-order chi connectivity index (χ0) is 26.5. The number of fused-ring (bicyclic) bond motifs is 1. The SMILES string of the molecule is COC(=O)COc1c(I)cc(/C=C2\SC(=O)N(CC(=O)Nc3ccc4c(c3)OCCO4)C2=O)cc1OC. The zero-order valence-electron chi connectivity index (χ0n) is 19.7. The number of ether oxygens (including phenoxy) is 5. The van der Waals surface area contributed by atoms with Gasteiger partial charge in [0.1, 0.15) is 19.8 Å². The maximum absolute atomic E-state index is 12.9. The van der Waals surface area contributed by atoms with Gasteiger partial charge in [-0.15, -0.1) is 0 Å². The number of hydrogen-bond donors (Lipinski definition) is 1. The molecule has 2 aromatic rings. The summed E-state index contributed by atoms with van der Waals surface area (Å²) in [6, 6.07) is 8.25. The number of carbonyl (C=O) groups excluding carboxylic acids is 4. The van der Waals surface area contributed by atoms with Crippen molar-refractivity contribution in [2.75, 3.05) is 45.9 Å². The van der Waals surface area contributed by atoms with E-state index in [4.69, 9.17) is 18.9 Å². The number of carbonyl (C=O) groups is 4. The maximum Gasteiger partial charge on any atom is 0.343 e. The molecule has 37 heavy (non-hydrogen) atoms. The molecule has 2 aliphatic heterocycles. The molecule has 11 nitrogen and oxygen atoms in total. The lowest BCUT2D eigenvalue weighted by Crippen LogP contribution is -2.36. The van der Waals surface area contributed by atoms with Crippen LogP contribution in [0.2, 0.25) is 0 Å². The summed E-state index contributed by atoms with van der Waals surface area (Å²) in [6.07, 6.45) is 1.53. The van der Waals surface area contributed by atoms with E-state index in [9.17, 15) is 19.2 Å². The molecule has 13 heteroatoms. The van der Waals surface area contributed by atoms with Crippen molar-refractivity contribution in [3.05, 3.63) is 44.4 Å². The molecule has 0 atom stereocenters. The molecular formula is C24H21IN2O9S. The van der Waals surface area contributed by atoms with Crippen molar-refractivity contribution in [1.29, 1.82) is 0 Å². The van der Waals surface area contributed by atoms with Gasteiger partial charge in [-0.1, -0.05) is 0 Å². The van der Waals surface area contributed by atoms with Gasteiger partial charge < -0.3 is 29.0 Å². The van der Waals surface area contributed by atoms with Crippen molar-refractivity contribution in [1.82, 2.24) is 4.90 Å². The maximum atomic E-state index is 12.9. The number of amides is 3. The van der Waals surface area contributed by atoms with Gasteiger partial charge in [-0.05, 0) is 70.3 Å². The number of rotatable bonds is 8. The summed E-state index contributed by atoms with van der Waals surface area (Å²) in [7, 11) is 2.69. The van der Waals surface area contributed by atoms with E-state index in [1.807, 2.05) is 22.6 Å². The Morgan fingerprint density at radius 1 is 1.14 bits per heavy atom. The number of benzene rings is 2. The number of anilines is 1. The molecule has 1 saturated heterocycles. The minimum atomic E-state index is -0.590. The molecule has 0 aromatic heterocycles. The zero-order valence-corrected chi connectivity index (χ0v) is 22.7. The van der Waals surface area contributed by atoms with E-state index in [-0.39, 0.29) is 11.5 Å². The molecule has 4 rings (SSSR count). The Labute approximate surface area is 229 Å². The average Bonchev–Trinajstić information content (AvgIpc) is 3.14. The summed E-state index contributed by atoms with van der Waals surface area (Å²) in [5.74, 6) is 0.0822. The first kappa shape index (κ1) is 26.6. The number of esters is 1. The number of methoxy groups -OCH3 is 2.